The lowest BCUT2D eigenvalue weighted by molar-refractivity contribution is -0.126. The lowest BCUT2D eigenvalue weighted by atomic mass is 9.83. The van der Waals surface area contributed by atoms with Gasteiger partial charge in [-0.25, -0.2) is 0 Å². The molecule has 2 rings (SSSR count). The Kier molecular flexibility index (Phi) is 6.06. The number of rotatable bonds is 8. The van der Waals surface area contributed by atoms with Gasteiger partial charge in [-0.2, -0.15) is 0 Å². The number of likely N-dealkylation sites (tertiary alicyclic amines) is 1. The first-order chi connectivity index (χ1) is 10.1. The van der Waals surface area contributed by atoms with Crippen LogP contribution in [0.4, 0.5) is 0 Å². The van der Waals surface area contributed by atoms with Gasteiger partial charge in [0.15, 0.2) is 0 Å². The molecule has 0 aromatic rings. The molecule has 4 nitrogen and oxygen atoms in total. The summed E-state index contributed by atoms with van der Waals surface area (Å²) < 4.78 is 0. The molecule has 0 aromatic heterocycles. The molecule has 3 atom stereocenters. The summed E-state index contributed by atoms with van der Waals surface area (Å²) in [5.41, 5.74) is 5.31. The van der Waals surface area contributed by atoms with E-state index in [1.807, 2.05) is 0 Å². The van der Waals surface area contributed by atoms with Gasteiger partial charge in [-0.15, -0.1) is 0 Å². The summed E-state index contributed by atoms with van der Waals surface area (Å²) in [6, 6.07) is 0. The van der Waals surface area contributed by atoms with Crippen molar-refractivity contribution < 1.29 is 4.79 Å². The molecule has 2 aliphatic rings. The summed E-state index contributed by atoms with van der Waals surface area (Å²) >= 11 is 0. The Balaban J connectivity index is 1.85. The number of nitrogens with two attached hydrogens (primary N) is 1. The topological polar surface area (TPSA) is 58.4 Å². The van der Waals surface area contributed by atoms with Crippen LogP contribution in [0.15, 0.2) is 0 Å². The monoisotopic (exact) mass is 295 g/mol. The zero-order valence-corrected chi connectivity index (χ0v) is 13.9. The van der Waals surface area contributed by atoms with Gasteiger partial charge in [0.2, 0.25) is 5.91 Å². The number of nitrogens with one attached hydrogen (secondary N) is 1. The summed E-state index contributed by atoms with van der Waals surface area (Å²) in [7, 11) is 0. The Bertz CT molecular complexity index is 347. The van der Waals surface area contributed by atoms with E-state index in [4.69, 9.17) is 5.73 Å². The number of carbonyl (C=O) groups is 1. The molecule has 1 heterocycles. The molecule has 122 valence electrons. The molecular formula is C17H33N3O. The number of likely N-dealkylation sites (N-methyl/N-ethyl adjacent to an activating group) is 1. The van der Waals surface area contributed by atoms with E-state index in [0.717, 1.165) is 44.7 Å². The van der Waals surface area contributed by atoms with Gasteiger partial charge in [0.25, 0.3) is 0 Å². The third-order valence-electron chi connectivity index (χ3n) is 5.61. The van der Waals surface area contributed by atoms with Gasteiger partial charge in [0, 0.05) is 6.54 Å². The van der Waals surface area contributed by atoms with E-state index in [2.05, 4.69) is 24.1 Å². The molecule has 1 saturated heterocycles. The maximum Gasteiger partial charge on any atom is 0.238 e. The Morgan fingerprint density at radius 3 is 2.81 bits per heavy atom. The molecule has 3 unspecified atom stereocenters. The van der Waals surface area contributed by atoms with Crippen molar-refractivity contribution in [1.82, 2.24) is 10.2 Å². The molecule has 1 aliphatic carbocycles. The Morgan fingerprint density at radius 1 is 1.33 bits per heavy atom. The van der Waals surface area contributed by atoms with E-state index >= 15 is 0 Å². The van der Waals surface area contributed by atoms with Crippen LogP contribution in [0.25, 0.3) is 0 Å². The van der Waals surface area contributed by atoms with Crippen molar-refractivity contribution in [3.63, 3.8) is 0 Å². The fraction of sp³-hybridized carbons (Fsp3) is 0.941. The normalized spacial score (nSPS) is 33.6. The third-order valence-corrected chi connectivity index (χ3v) is 5.61. The lowest BCUT2D eigenvalue weighted by Gasteiger charge is -2.34. The average Bonchev–Trinajstić information content (AvgIpc) is 3.05. The van der Waals surface area contributed by atoms with E-state index in [0.29, 0.717) is 5.92 Å². The van der Waals surface area contributed by atoms with Gasteiger partial charge >= 0.3 is 0 Å². The first-order valence-electron chi connectivity index (χ1n) is 8.89. The number of hydrogen-bond acceptors (Lipinski definition) is 3. The van der Waals surface area contributed by atoms with Crippen molar-refractivity contribution in [3.8, 4) is 0 Å². The first kappa shape index (κ1) is 16.8. The lowest BCUT2D eigenvalue weighted by Crippen LogP contribution is -2.58. The van der Waals surface area contributed by atoms with Crippen LogP contribution in [-0.2, 0) is 4.79 Å². The van der Waals surface area contributed by atoms with Gasteiger partial charge in [0.05, 0.1) is 0 Å². The second kappa shape index (κ2) is 7.59. The predicted molar refractivity (Wildman–Crippen MR) is 87.0 cm³/mol. The Morgan fingerprint density at radius 2 is 2.14 bits per heavy atom. The highest BCUT2D eigenvalue weighted by Gasteiger charge is 2.46. The minimum Gasteiger partial charge on any atom is -0.368 e. The first-order valence-corrected chi connectivity index (χ1v) is 8.89. The average molecular weight is 295 g/mol. The minimum atomic E-state index is -0.433. The van der Waals surface area contributed by atoms with Crippen LogP contribution in [0.2, 0.25) is 0 Å². The highest BCUT2D eigenvalue weighted by Crippen LogP contribution is 2.38. The Labute approximate surface area is 129 Å². The number of carbonyl (C=O) groups excluding carboxylic acids is 1. The zero-order chi connectivity index (χ0) is 15.3. The van der Waals surface area contributed by atoms with E-state index < -0.39 is 5.54 Å². The van der Waals surface area contributed by atoms with Gasteiger partial charge in [-0.3, -0.25) is 4.79 Å². The molecule has 1 saturated carbocycles. The van der Waals surface area contributed by atoms with Crippen LogP contribution in [0.1, 0.15) is 58.8 Å². The van der Waals surface area contributed by atoms with Gasteiger partial charge in [0.1, 0.15) is 5.54 Å². The summed E-state index contributed by atoms with van der Waals surface area (Å²) in [5, 5.41) is 3.42. The smallest absolute Gasteiger partial charge is 0.238 e. The molecule has 0 bridgehead atoms. The van der Waals surface area contributed by atoms with Crippen LogP contribution < -0.4 is 11.1 Å². The van der Waals surface area contributed by atoms with Gasteiger partial charge < -0.3 is 16.0 Å². The molecule has 0 spiro atoms. The van der Waals surface area contributed by atoms with Crippen molar-refractivity contribution in [3.05, 3.63) is 0 Å². The Hall–Kier alpha value is -0.610. The minimum absolute atomic E-state index is 0.142. The third kappa shape index (κ3) is 3.78. The van der Waals surface area contributed by atoms with E-state index in [1.54, 1.807) is 0 Å². The van der Waals surface area contributed by atoms with Crippen LogP contribution in [0.3, 0.4) is 0 Å². The summed E-state index contributed by atoms with van der Waals surface area (Å²) in [6.45, 7) is 8.79. The summed E-state index contributed by atoms with van der Waals surface area (Å²) in [4.78, 5) is 14.6. The second-order valence-electron chi connectivity index (χ2n) is 6.99. The second-order valence-corrected chi connectivity index (χ2v) is 6.99. The number of amides is 1. The standard InChI is InChI=1S/C17H33N3O/c1-3-6-14-8-11-20(13-14)12-9-15-7-5-10-17(15,16(18)21)19-4-2/h14-15,19H,3-13H2,1-2H3,(H2,18,21). The molecule has 4 heteroatoms. The highest BCUT2D eigenvalue weighted by molar-refractivity contribution is 5.85. The van der Waals surface area contributed by atoms with Crippen LogP contribution in [0, 0.1) is 11.8 Å². The zero-order valence-electron chi connectivity index (χ0n) is 13.9. The van der Waals surface area contributed by atoms with Gasteiger partial charge in [-0.1, -0.05) is 26.7 Å². The van der Waals surface area contributed by atoms with Crippen LogP contribution in [0.5, 0.6) is 0 Å². The van der Waals surface area contributed by atoms with Crippen LogP contribution >= 0.6 is 0 Å². The van der Waals surface area contributed by atoms with E-state index in [1.165, 1.54) is 32.4 Å². The molecule has 3 N–H and O–H groups in total. The maximum absolute atomic E-state index is 12.0. The number of hydrogen-bond donors (Lipinski definition) is 2. The maximum atomic E-state index is 12.0. The highest BCUT2D eigenvalue weighted by atomic mass is 16.1. The summed E-state index contributed by atoms with van der Waals surface area (Å²) in [5.74, 6) is 1.17. The largest absolute Gasteiger partial charge is 0.368 e. The van der Waals surface area contributed by atoms with Crippen molar-refractivity contribution in [2.45, 2.75) is 64.3 Å². The van der Waals surface area contributed by atoms with E-state index in [9.17, 15) is 4.79 Å². The molecule has 21 heavy (non-hydrogen) atoms. The molecule has 1 aliphatic heterocycles. The fourth-order valence-electron chi connectivity index (χ4n) is 4.53. The molecule has 2 fully saturated rings. The fourth-order valence-corrected chi connectivity index (χ4v) is 4.53. The SMILES string of the molecule is CCCC1CCN(CCC2CCCC2(NCC)C(N)=O)C1. The number of nitrogens with zero attached hydrogens (tertiary/aromatic N) is 1. The van der Waals surface area contributed by atoms with E-state index in [-0.39, 0.29) is 5.91 Å². The van der Waals surface area contributed by atoms with Crippen molar-refractivity contribution in [1.29, 1.82) is 0 Å². The van der Waals surface area contributed by atoms with Gasteiger partial charge in [-0.05, 0) is 63.6 Å². The van der Waals surface area contributed by atoms with Crippen molar-refractivity contribution >= 4 is 5.91 Å². The molecule has 0 aromatic carbocycles. The molecule has 0 radical (unpaired) electrons. The van der Waals surface area contributed by atoms with Crippen molar-refractivity contribution in [2.75, 3.05) is 26.2 Å². The molecule has 1 amide bonds. The molecular weight excluding hydrogens is 262 g/mol. The summed E-state index contributed by atoms with van der Waals surface area (Å²) in [6.07, 6.45) is 8.30. The number of primary amides is 1. The quantitative estimate of drug-likeness (QED) is 0.721. The van der Waals surface area contributed by atoms with Crippen molar-refractivity contribution in [2.24, 2.45) is 17.6 Å². The van der Waals surface area contributed by atoms with Crippen LogP contribution in [-0.4, -0.2) is 42.5 Å². The predicted octanol–water partition coefficient (Wildman–Crippen LogP) is 2.13.